The lowest BCUT2D eigenvalue weighted by Crippen LogP contribution is -2.31. The van der Waals surface area contributed by atoms with Gasteiger partial charge in [0.15, 0.2) is 0 Å². The van der Waals surface area contributed by atoms with E-state index < -0.39 is 0 Å². The number of aryl methyl sites for hydroxylation is 1. The van der Waals surface area contributed by atoms with Gasteiger partial charge in [-0.1, -0.05) is 12.1 Å². The molecule has 3 nitrogen and oxygen atoms in total. The van der Waals surface area contributed by atoms with Crippen LogP contribution in [0, 0.1) is 0 Å². The largest absolute Gasteiger partial charge is 0.497 e. The van der Waals surface area contributed by atoms with Crippen LogP contribution in [0.2, 0.25) is 0 Å². The molecule has 3 rings (SSSR count). The van der Waals surface area contributed by atoms with Crippen LogP contribution in [-0.2, 0) is 13.0 Å². The fraction of sp³-hybridized carbons (Fsp3) is 0.471. The molecule has 0 amide bonds. The molecule has 2 aromatic rings. The Morgan fingerprint density at radius 1 is 1.23 bits per heavy atom. The normalized spacial score (nSPS) is 17.3. The number of nitrogens with zero attached hydrogens (tertiary/aromatic N) is 2. The zero-order chi connectivity index (χ0) is 15.3. The van der Waals surface area contributed by atoms with E-state index in [2.05, 4.69) is 63.5 Å². The van der Waals surface area contributed by atoms with E-state index >= 15 is 0 Å². The number of hydrogen-bond acceptors (Lipinski definition) is 4. The first-order valence-corrected chi connectivity index (χ1v) is 9.63. The maximum atomic E-state index is 5.24. The van der Waals surface area contributed by atoms with Crippen molar-refractivity contribution in [3.05, 3.63) is 48.5 Å². The molecule has 2 heterocycles. The van der Waals surface area contributed by atoms with E-state index in [4.69, 9.17) is 4.74 Å². The molecule has 1 saturated heterocycles. The molecule has 0 N–H and O–H groups in total. The van der Waals surface area contributed by atoms with Crippen LogP contribution in [0.15, 0.2) is 43.0 Å². The fourth-order valence-corrected chi connectivity index (χ4v) is 6.03. The lowest BCUT2D eigenvalue weighted by Gasteiger charge is -2.36. The predicted octanol–water partition coefficient (Wildman–Crippen LogP) is 4.09. The SMILES string of the molecule is COc1ccc(CCC2(Cn3ccnc3)SCCCS2)cc1. The molecule has 0 saturated carbocycles. The maximum Gasteiger partial charge on any atom is 0.118 e. The van der Waals surface area contributed by atoms with Crippen molar-refractivity contribution >= 4 is 23.5 Å². The van der Waals surface area contributed by atoms with Gasteiger partial charge < -0.3 is 9.30 Å². The molecule has 1 aromatic carbocycles. The van der Waals surface area contributed by atoms with Crippen molar-refractivity contribution in [2.45, 2.75) is 29.9 Å². The molecule has 0 atom stereocenters. The highest BCUT2D eigenvalue weighted by Crippen LogP contribution is 2.46. The van der Waals surface area contributed by atoms with Crippen molar-refractivity contribution in [1.29, 1.82) is 0 Å². The van der Waals surface area contributed by atoms with Gasteiger partial charge >= 0.3 is 0 Å². The zero-order valence-electron chi connectivity index (χ0n) is 12.9. The molecule has 5 heteroatoms. The van der Waals surface area contributed by atoms with Crippen LogP contribution in [0.1, 0.15) is 18.4 Å². The van der Waals surface area contributed by atoms with Crippen LogP contribution in [0.4, 0.5) is 0 Å². The minimum atomic E-state index is 0.277. The number of hydrogen-bond donors (Lipinski definition) is 0. The highest BCUT2D eigenvalue weighted by atomic mass is 32.2. The molecule has 0 radical (unpaired) electrons. The minimum Gasteiger partial charge on any atom is -0.497 e. The Kier molecular flexibility index (Phi) is 5.37. The Bertz CT molecular complexity index is 563. The summed E-state index contributed by atoms with van der Waals surface area (Å²) in [7, 11) is 1.71. The van der Waals surface area contributed by atoms with Crippen molar-refractivity contribution < 1.29 is 4.74 Å². The van der Waals surface area contributed by atoms with Gasteiger partial charge in [-0.05, 0) is 48.5 Å². The van der Waals surface area contributed by atoms with Crippen LogP contribution in [0.5, 0.6) is 5.75 Å². The summed E-state index contributed by atoms with van der Waals surface area (Å²) >= 11 is 4.25. The molecule has 118 valence electrons. The molecule has 1 fully saturated rings. The first-order chi connectivity index (χ1) is 10.8. The van der Waals surface area contributed by atoms with Crippen molar-refractivity contribution in [3.8, 4) is 5.75 Å². The summed E-state index contributed by atoms with van der Waals surface area (Å²) in [5.74, 6) is 3.47. The quantitative estimate of drug-likeness (QED) is 0.795. The minimum absolute atomic E-state index is 0.277. The highest BCUT2D eigenvalue weighted by Gasteiger charge is 2.33. The summed E-state index contributed by atoms with van der Waals surface area (Å²) in [5, 5.41) is 0. The van der Waals surface area contributed by atoms with E-state index in [0.717, 1.165) is 18.7 Å². The molecule has 1 aromatic heterocycles. The van der Waals surface area contributed by atoms with E-state index in [0.29, 0.717) is 0 Å². The van der Waals surface area contributed by atoms with Crippen LogP contribution in [0.25, 0.3) is 0 Å². The topological polar surface area (TPSA) is 27.1 Å². The summed E-state index contributed by atoms with van der Waals surface area (Å²) in [4.78, 5) is 4.19. The molecule has 22 heavy (non-hydrogen) atoms. The number of imidazole rings is 1. The average Bonchev–Trinajstić information content (AvgIpc) is 3.07. The third-order valence-corrected chi connectivity index (χ3v) is 7.37. The van der Waals surface area contributed by atoms with Gasteiger partial charge in [0.2, 0.25) is 0 Å². The van der Waals surface area contributed by atoms with Crippen molar-refractivity contribution in [3.63, 3.8) is 0 Å². The van der Waals surface area contributed by atoms with Gasteiger partial charge in [-0.3, -0.25) is 0 Å². The lowest BCUT2D eigenvalue weighted by molar-refractivity contribution is 0.414. The number of thioether (sulfide) groups is 2. The molecular weight excluding hydrogens is 312 g/mol. The third kappa shape index (κ3) is 4.02. The van der Waals surface area contributed by atoms with E-state index in [9.17, 15) is 0 Å². The van der Waals surface area contributed by atoms with Gasteiger partial charge in [-0.15, -0.1) is 23.5 Å². The van der Waals surface area contributed by atoms with Crippen LogP contribution >= 0.6 is 23.5 Å². The smallest absolute Gasteiger partial charge is 0.118 e. The van der Waals surface area contributed by atoms with Gasteiger partial charge in [0.1, 0.15) is 5.75 Å². The lowest BCUT2D eigenvalue weighted by atomic mass is 10.1. The van der Waals surface area contributed by atoms with Gasteiger partial charge in [0.05, 0.1) is 17.5 Å². The zero-order valence-corrected chi connectivity index (χ0v) is 14.5. The van der Waals surface area contributed by atoms with Crippen molar-refractivity contribution in [2.24, 2.45) is 0 Å². The summed E-state index contributed by atoms with van der Waals surface area (Å²) < 4.78 is 7.73. The van der Waals surface area contributed by atoms with E-state index in [1.54, 1.807) is 7.11 Å². The summed E-state index contributed by atoms with van der Waals surface area (Å²) in [6, 6.07) is 8.47. The number of aromatic nitrogens is 2. The second-order valence-electron chi connectivity index (χ2n) is 5.54. The highest BCUT2D eigenvalue weighted by molar-refractivity contribution is 8.18. The number of methoxy groups -OCH3 is 1. The summed E-state index contributed by atoms with van der Waals surface area (Å²) in [6.45, 7) is 1.04. The van der Waals surface area contributed by atoms with Crippen LogP contribution < -0.4 is 4.74 Å². The molecule has 0 aliphatic carbocycles. The second kappa shape index (κ2) is 7.47. The first-order valence-electron chi connectivity index (χ1n) is 7.66. The Morgan fingerprint density at radius 3 is 2.64 bits per heavy atom. The van der Waals surface area contributed by atoms with E-state index in [1.165, 1.54) is 29.9 Å². The molecule has 1 aliphatic heterocycles. The third-order valence-electron chi connectivity index (χ3n) is 3.96. The number of ether oxygens (including phenoxy) is 1. The second-order valence-corrected chi connectivity index (χ2v) is 8.76. The van der Waals surface area contributed by atoms with Crippen molar-refractivity contribution in [2.75, 3.05) is 18.6 Å². The van der Waals surface area contributed by atoms with E-state index in [-0.39, 0.29) is 4.08 Å². The molecular formula is C17H22N2OS2. The molecule has 0 unspecified atom stereocenters. The number of benzene rings is 1. The Hall–Kier alpha value is -1.07. The maximum absolute atomic E-state index is 5.24. The standard InChI is InChI=1S/C17H22N2OS2/c1-20-16-5-3-15(4-6-16)7-8-17(21-11-2-12-22-17)13-19-10-9-18-14-19/h3-6,9-10,14H,2,7-8,11-13H2,1H3. The molecule has 1 aliphatic rings. The van der Waals surface area contributed by atoms with Gasteiger partial charge in [0.25, 0.3) is 0 Å². The van der Waals surface area contributed by atoms with Gasteiger partial charge in [0, 0.05) is 18.9 Å². The Labute approximate surface area is 140 Å². The van der Waals surface area contributed by atoms with Gasteiger partial charge in [-0.2, -0.15) is 0 Å². The predicted molar refractivity (Wildman–Crippen MR) is 95.8 cm³/mol. The summed E-state index contributed by atoms with van der Waals surface area (Å²) in [6.07, 6.45) is 9.50. The van der Waals surface area contributed by atoms with Crippen LogP contribution in [0.3, 0.4) is 0 Å². The van der Waals surface area contributed by atoms with E-state index in [1.807, 2.05) is 12.5 Å². The summed E-state index contributed by atoms with van der Waals surface area (Å²) in [5.41, 5.74) is 1.39. The fourth-order valence-electron chi connectivity index (χ4n) is 2.72. The van der Waals surface area contributed by atoms with Crippen molar-refractivity contribution in [1.82, 2.24) is 9.55 Å². The first kappa shape index (κ1) is 15.8. The molecule has 0 spiro atoms. The van der Waals surface area contributed by atoms with Gasteiger partial charge in [-0.25, -0.2) is 4.98 Å². The number of rotatable bonds is 6. The Morgan fingerprint density at radius 2 is 2.00 bits per heavy atom. The van der Waals surface area contributed by atoms with Crippen LogP contribution in [-0.4, -0.2) is 32.2 Å². The molecule has 0 bridgehead atoms. The monoisotopic (exact) mass is 334 g/mol. The average molecular weight is 335 g/mol. The Balaban J connectivity index is 1.66.